The van der Waals surface area contributed by atoms with E-state index in [4.69, 9.17) is 0 Å². The highest BCUT2D eigenvalue weighted by Crippen LogP contribution is 2.37. The molecule has 0 N–H and O–H groups in total. The van der Waals surface area contributed by atoms with Gasteiger partial charge in [0.15, 0.2) is 0 Å². The van der Waals surface area contributed by atoms with Crippen LogP contribution in [0.1, 0.15) is 5.56 Å². The molecule has 1 aromatic carbocycles. The predicted molar refractivity (Wildman–Crippen MR) is 46.3 cm³/mol. The number of carbonyl (C=O) groups excluding carboxylic acids is 1. The number of Topliss-reactive ketones (excluding diaryl/α,β-unsaturated/α-hetero) is 1. The molecule has 0 aliphatic carbocycles. The summed E-state index contributed by atoms with van der Waals surface area (Å²) in [4.78, 5) is 10.7. The van der Waals surface area contributed by atoms with E-state index in [1.807, 2.05) is 0 Å². The largest absolute Gasteiger partial charge is 0.370 e. The average molecular weight is 256 g/mol. The molecule has 1 rings (SSSR count). The smallest absolute Gasteiger partial charge is 0.285 e. The lowest BCUT2D eigenvalue weighted by atomic mass is 10.0. The zero-order valence-corrected chi connectivity index (χ0v) is 8.14. The maximum atomic E-state index is 13.2. The fraction of sp³-hybridized carbons (Fsp3) is 0.300. The van der Waals surface area contributed by atoms with Gasteiger partial charge < -0.3 is 0 Å². The highest BCUT2D eigenvalue weighted by molar-refractivity contribution is 5.93. The molecule has 17 heavy (non-hydrogen) atoms. The molecule has 0 atom stereocenters. The van der Waals surface area contributed by atoms with Crippen molar-refractivity contribution in [3.05, 3.63) is 35.9 Å². The monoisotopic (exact) mass is 256 g/mol. The van der Waals surface area contributed by atoms with E-state index < -0.39 is 29.6 Å². The summed E-state index contributed by atoms with van der Waals surface area (Å²) in [6, 6.07) is 4.89. The van der Waals surface area contributed by atoms with Gasteiger partial charge in [-0.25, -0.2) is 8.78 Å². The number of hydrogen-bond acceptors (Lipinski definition) is 1. The molecule has 0 heterocycles. The van der Waals surface area contributed by atoms with Crippen LogP contribution in [0.25, 0.3) is 0 Å². The summed E-state index contributed by atoms with van der Waals surface area (Å²) in [5.74, 6) is -13.1. The molecule has 0 aliphatic rings. The minimum atomic E-state index is -5.38. The number of benzene rings is 1. The van der Waals surface area contributed by atoms with Crippen LogP contribution in [0.5, 0.6) is 0 Å². The Balaban J connectivity index is 3.12. The van der Waals surface area contributed by atoms with Gasteiger partial charge in [0.05, 0.1) is 0 Å². The number of carbonyl (C=O) groups is 1. The first-order chi connectivity index (χ1) is 7.70. The molecule has 0 fully saturated rings. The average Bonchev–Trinajstić information content (AvgIpc) is 2.29. The van der Waals surface area contributed by atoms with E-state index in [0.29, 0.717) is 12.1 Å². The minimum Gasteiger partial charge on any atom is -0.285 e. The van der Waals surface area contributed by atoms with Gasteiger partial charge >= 0.3 is 18.3 Å². The van der Waals surface area contributed by atoms with Crippen molar-refractivity contribution in [1.82, 2.24) is 0 Å². The number of ketones is 1. The van der Waals surface area contributed by atoms with Gasteiger partial charge in [-0.15, -0.1) is 0 Å². The molecule has 0 unspecified atom stereocenters. The lowest BCUT2D eigenvalue weighted by Crippen LogP contribution is -2.45. The van der Waals surface area contributed by atoms with Crippen LogP contribution in [0.4, 0.5) is 26.3 Å². The van der Waals surface area contributed by atoms with Crippen molar-refractivity contribution in [2.45, 2.75) is 18.3 Å². The predicted octanol–water partition coefficient (Wildman–Crippen LogP) is 3.25. The normalized spacial score (nSPS) is 12.9. The Hall–Kier alpha value is -1.53. The summed E-state index contributed by atoms with van der Waals surface area (Å²) in [6.07, 6.45) is -4.47. The van der Waals surface area contributed by atoms with Gasteiger partial charge in [-0.2, -0.15) is 17.6 Å². The molecule has 0 saturated heterocycles. The van der Waals surface area contributed by atoms with E-state index >= 15 is 0 Å². The standard InChI is InChI=1S/C10H6F6O/c11-8(12)10(15,16)7(17)9(13,14)6-4-2-1-3-5-6/h1-5,8H. The zero-order valence-electron chi connectivity index (χ0n) is 8.14. The van der Waals surface area contributed by atoms with E-state index in [1.165, 1.54) is 6.07 Å². The van der Waals surface area contributed by atoms with Gasteiger partial charge in [-0.05, 0) is 0 Å². The van der Waals surface area contributed by atoms with Gasteiger partial charge in [0, 0.05) is 5.56 Å². The number of rotatable bonds is 4. The van der Waals surface area contributed by atoms with E-state index in [2.05, 4.69) is 0 Å². The zero-order chi connectivity index (χ0) is 13.3. The maximum absolute atomic E-state index is 13.2. The van der Waals surface area contributed by atoms with Gasteiger partial charge in [-0.3, -0.25) is 4.79 Å². The minimum absolute atomic E-state index is 0.708. The summed E-state index contributed by atoms with van der Waals surface area (Å²) in [5, 5.41) is 0. The molecule has 0 aliphatic heterocycles. The van der Waals surface area contributed by atoms with Gasteiger partial charge in [-0.1, -0.05) is 30.3 Å². The highest BCUT2D eigenvalue weighted by Gasteiger charge is 2.60. The SMILES string of the molecule is O=C(C(F)(F)c1ccccc1)C(F)(F)C(F)F. The third-order valence-electron chi connectivity index (χ3n) is 2.00. The molecular formula is C10H6F6O. The summed E-state index contributed by atoms with van der Waals surface area (Å²) < 4.78 is 75.2. The number of alkyl halides is 6. The first-order valence-electron chi connectivity index (χ1n) is 4.35. The summed E-state index contributed by atoms with van der Waals surface area (Å²) in [7, 11) is 0. The number of hydrogen-bond donors (Lipinski definition) is 0. The van der Waals surface area contributed by atoms with Crippen LogP contribution in [0.3, 0.4) is 0 Å². The second-order valence-corrected chi connectivity index (χ2v) is 3.19. The molecule has 0 saturated carbocycles. The Labute approximate surface area is 92.0 Å². The molecule has 94 valence electrons. The van der Waals surface area contributed by atoms with Gasteiger partial charge in [0.1, 0.15) is 0 Å². The molecule has 0 radical (unpaired) electrons. The Bertz CT molecular complexity index is 401. The quantitative estimate of drug-likeness (QED) is 0.756. The molecular weight excluding hydrogens is 250 g/mol. The Kier molecular flexibility index (Phi) is 3.49. The van der Waals surface area contributed by atoms with Crippen LogP contribution in [0.15, 0.2) is 30.3 Å². The van der Waals surface area contributed by atoms with Crippen LogP contribution >= 0.6 is 0 Å². The van der Waals surface area contributed by atoms with Crippen LogP contribution in [0, 0.1) is 0 Å². The van der Waals surface area contributed by atoms with Crippen LogP contribution in [0.2, 0.25) is 0 Å². The van der Waals surface area contributed by atoms with Crippen molar-refractivity contribution < 1.29 is 31.1 Å². The third-order valence-corrected chi connectivity index (χ3v) is 2.00. The van der Waals surface area contributed by atoms with Crippen molar-refractivity contribution in [1.29, 1.82) is 0 Å². The van der Waals surface area contributed by atoms with Crippen molar-refractivity contribution in [2.75, 3.05) is 0 Å². The first-order valence-corrected chi connectivity index (χ1v) is 4.35. The Morgan fingerprint density at radius 1 is 1.00 bits per heavy atom. The van der Waals surface area contributed by atoms with Crippen LogP contribution in [-0.2, 0) is 10.7 Å². The summed E-state index contributed by atoms with van der Waals surface area (Å²) >= 11 is 0. The van der Waals surface area contributed by atoms with Crippen molar-refractivity contribution >= 4 is 5.78 Å². The van der Waals surface area contributed by atoms with Crippen molar-refractivity contribution in [3.8, 4) is 0 Å². The van der Waals surface area contributed by atoms with E-state index in [9.17, 15) is 31.1 Å². The molecule has 0 aromatic heterocycles. The molecule has 1 aromatic rings. The second-order valence-electron chi connectivity index (χ2n) is 3.19. The second kappa shape index (κ2) is 4.38. The fourth-order valence-corrected chi connectivity index (χ4v) is 1.09. The molecule has 0 spiro atoms. The molecule has 7 heteroatoms. The third kappa shape index (κ3) is 2.42. The fourth-order valence-electron chi connectivity index (χ4n) is 1.09. The Morgan fingerprint density at radius 2 is 1.47 bits per heavy atom. The molecule has 0 bridgehead atoms. The van der Waals surface area contributed by atoms with E-state index in [0.717, 1.165) is 12.1 Å². The van der Waals surface area contributed by atoms with E-state index in [1.54, 1.807) is 0 Å². The first kappa shape index (κ1) is 13.5. The maximum Gasteiger partial charge on any atom is 0.370 e. The number of halogens is 6. The van der Waals surface area contributed by atoms with Crippen LogP contribution < -0.4 is 0 Å². The lowest BCUT2D eigenvalue weighted by molar-refractivity contribution is -0.191. The van der Waals surface area contributed by atoms with Crippen molar-refractivity contribution in [2.24, 2.45) is 0 Å². The Morgan fingerprint density at radius 3 is 1.88 bits per heavy atom. The molecule has 0 amide bonds. The summed E-state index contributed by atoms with van der Waals surface area (Å²) in [5.41, 5.74) is -1.05. The topological polar surface area (TPSA) is 17.1 Å². The van der Waals surface area contributed by atoms with E-state index in [-0.39, 0.29) is 0 Å². The van der Waals surface area contributed by atoms with Gasteiger partial charge in [0.2, 0.25) is 0 Å². The highest BCUT2D eigenvalue weighted by atomic mass is 19.3. The van der Waals surface area contributed by atoms with Crippen LogP contribution in [-0.4, -0.2) is 18.1 Å². The van der Waals surface area contributed by atoms with Gasteiger partial charge in [0.25, 0.3) is 5.78 Å². The molecule has 1 nitrogen and oxygen atoms in total. The van der Waals surface area contributed by atoms with Crippen molar-refractivity contribution in [3.63, 3.8) is 0 Å². The lowest BCUT2D eigenvalue weighted by Gasteiger charge is -2.21. The summed E-state index contributed by atoms with van der Waals surface area (Å²) in [6.45, 7) is 0.